The van der Waals surface area contributed by atoms with Crippen LogP contribution in [0.15, 0.2) is 4.42 Å². The fourth-order valence-electron chi connectivity index (χ4n) is 2.26. The average molecular weight is 208 g/mol. The Morgan fingerprint density at radius 2 is 1.13 bits per heavy atom. The van der Waals surface area contributed by atoms with Gasteiger partial charge in [-0.2, -0.15) is 0 Å². The van der Waals surface area contributed by atoms with Gasteiger partial charge in [0.2, 0.25) is 0 Å². The topological polar surface area (TPSA) is 13.1 Å². The van der Waals surface area contributed by atoms with E-state index in [9.17, 15) is 0 Å². The van der Waals surface area contributed by atoms with Gasteiger partial charge >= 0.3 is 0 Å². The van der Waals surface area contributed by atoms with E-state index in [1.54, 1.807) is 0 Å². The third-order valence-electron chi connectivity index (χ3n) is 2.93. The van der Waals surface area contributed by atoms with E-state index < -0.39 is 0 Å². The monoisotopic (exact) mass is 208 g/mol. The summed E-state index contributed by atoms with van der Waals surface area (Å²) in [5.74, 6) is 2.47. The van der Waals surface area contributed by atoms with Crippen molar-refractivity contribution in [1.29, 1.82) is 0 Å². The van der Waals surface area contributed by atoms with Gasteiger partial charge in [0.05, 0.1) is 0 Å². The van der Waals surface area contributed by atoms with E-state index in [0.29, 0.717) is 0 Å². The predicted molar refractivity (Wildman–Crippen MR) is 65.5 cm³/mol. The maximum absolute atomic E-state index is 5.95. The van der Waals surface area contributed by atoms with Crippen LogP contribution in [0.3, 0.4) is 0 Å². The highest BCUT2D eigenvalue weighted by molar-refractivity contribution is 5.34. The molecule has 0 N–H and O–H groups in total. The molecule has 0 fully saturated rings. The van der Waals surface area contributed by atoms with Crippen LogP contribution < -0.4 is 0 Å². The van der Waals surface area contributed by atoms with Crippen LogP contribution in [-0.2, 0) is 25.7 Å². The zero-order chi connectivity index (χ0) is 11.3. The molecule has 1 rings (SSSR count). The first-order valence-corrected chi connectivity index (χ1v) is 6.40. The molecule has 0 atom stereocenters. The second-order valence-corrected chi connectivity index (χ2v) is 4.11. The van der Waals surface area contributed by atoms with Crippen molar-refractivity contribution >= 4 is 0 Å². The molecule has 1 heteroatoms. The largest absolute Gasteiger partial charge is 0.466 e. The molecule has 0 amide bonds. The standard InChI is InChI=1S/C14H24O/c1-5-9-11-12(10-6-2)14(8-4)15-13(11)7-3/h5-10H2,1-4H3. The van der Waals surface area contributed by atoms with E-state index in [-0.39, 0.29) is 0 Å². The van der Waals surface area contributed by atoms with Crippen LogP contribution in [0.2, 0.25) is 0 Å². The number of rotatable bonds is 6. The molecule has 0 aliphatic carbocycles. The van der Waals surface area contributed by atoms with Crippen molar-refractivity contribution < 1.29 is 4.42 Å². The molecular formula is C14H24O. The molecule has 0 bridgehead atoms. The first-order valence-electron chi connectivity index (χ1n) is 6.40. The highest BCUT2D eigenvalue weighted by Gasteiger charge is 2.16. The van der Waals surface area contributed by atoms with E-state index in [0.717, 1.165) is 12.8 Å². The molecule has 1 heterocycles. The van der Waals surface area contributed by atoms with Crippen molar-refractivity contribution in [2.45, 2.75) is 66.2 Å². The van der Waals surface area contributed by atoms with Gasteiger partial charge in [0.1, 0.15) is 11.5 Å². The molecule has 1 aromatic rings. The summed E-state index contributed by atoms with van der Waals surface area (Å²) in [6.07, 6.45) is 6.86. The lowest BCUT2D eigenvalue weighted by atomic mass is 9.98. The van der Waals surface area contributed by atoms with Crippen molar-refractivity contribution in [3.63, 3.8) is 0 Å². The molecule has 1 nitrogen and oxygen atoms in total. The molecule has 0 spiro atoms. The molecule has 0 aromatic carbocycles. The van der Waals surface area contributed by atoms with Crippen LogP contribution in [0.1, 0.15) is 63.2 Å². The first kappa shape index (κ1) is 12.4. The lowest BCUT2D eigenvalue weighted by Gasteiger charge is -2.03. The Morgan fingerprint density at radius 3 is 1.40 bits per heavy atom. The summed E-state index contributed by atoms with van der Waals surface area (Å²) in [4.78, 5) is 0. The van der Waals surface area contributed by atoms with Gasteiger partial charge in [-0.3, -0.25) is 0 Å². The number of furan rings is 1. The lowest BCUT2D eigenvalue weighted by Crippen LogP contribution is -1.95. The van der Waals surface area contributed by atoms with Crippen LogP contribution in [0.4, 0.5) is 0 Å². The normalized spacial score (nSPS) is 10.9. The van der Waals surface area contributed by atoms with E-state index >= 15 is 0 Å². The van der Waals surface area contributed by atoms with Gasteiger partial charge in [-0.15, -0.1) is 0 Å². The smallest absolute Gasteiger partial charge is 0.107 e. The lowest BCUT2D eigenvalue weighted by molar-refractivity contribution is 0.468. The third-order valence-corrected chi connectivity index (χ3v) is 2.93. The van der Waals surface area contributed by atoms with Gasteiger partial charge in [0.15, 0.2) is 0 Å². The van der Waals surface area contributed by atoms with Crippen molar-refractivity contribution in [2.75, 3.05) is 0 Å². The van der Waals surface area contributed by atoms with Gasteiger partial charge in [-0.05, 0) is 24.0 Å². The number of aryl methyl sites for hydroxylation is 2. The van der Waals surface area contributed by atoms with E-state index in [4.69, 9.17) is 4.42 Å². The molecule has 0 aliphatic heterocycles. The van der Waals surface area contributed by atoms with Crippen molar-refractivity contribution in [3.05, 3.63) is 22.6 Å². The summed E-state index contributed by atoms with van der Waals surface area (Å²) >= 11 is 0. The van der Waals surface area contributed by atoms with Gasteiger partial charge in [-0.25, -0.2) is 0 Å². The number of hydrogen-bond donors (Lipinski definition) is 0. The second kappa shape index (κ2) is 5.99. The van der Waals surface area contributed by atoms with Gasteiger partial charge in [0, 0.05) is 12.8 Å². The summed E-state index contributed by atoms with van der Waals surface area (Å²) in [5, 5.41) is 0. The Hall–Kier alpha value is -0.720. The predicted octanol–water partition coefficient (Wildman–Crippen LogP) is 4.31. The molecule has 0 aliphatic rings. The van der Waals surface area contributed by atoms with E-state index in [1.165, 1.54) is 48.3 Å². The first-order chi connectivity index (χ1) is 7.28. The second-order valence-electron chi connectivity index (χ2n) is 4.11. The van der Waals surface area contributed by atoms with Gasteiger partial charge < -0.3 is 4.42 Å². The number of hydrogen-bond acceptors (Lipinski definition) is 1. The minimum Gasteiger partial charge on any atom is -0.466 e. The minimum absolute atomic E-state index is 1.03. The maximum Gasteiger partial charge on any atom is 0.107 e. The summed E-state index contributed by atoms with van der Waals surface area (Å²) in [6, 6.07) is 0. The summed E-state index contributed by atoms with van der Waals surface area (Å²) < 4.78 is 5.95. The van der Waals surface area contributed by atoms with Crippen LogP contribution in [0.5, 0.6) is 0 Å². The highest BCUT2D eigenvalue weighted by Crippen LogP contribution is 2.26. The van der Waals surface area contributed by atoms with E-state index in [1.807, 2.05) is 0 Å². The maximum atomic E-state index is 5.95. The van der Waals surface area contributed by atoms with Crippen LogP contribution in [0, 0.1) is 0 Å². The van der Waals surface area contributed by atoms with Gasteiger partial charge in [0.25, 0.3) is 0 Å². The minimum atomic E-state index is 1.03. The molecule has 0 saturated heterocycles. The van der Waals surface area contributed by atoms with Gasteiger partial charge in [-0.1, -0.05) is 40.5 Å². The van der Waals surface area contributed by atoms with E-state index in [2.05, 4.69) is 27.7 Å². The van der Waals surface area contributed by atoms with Crippen LogP contribution in [-0.4, -0.2) is 0 Å². The molecule has 1 aromatic heterocycles. The van der Waals surface area contributed by atoms with Crippen LogP contribution in [0.25, 0.3) is 0 Å². The van der Waals surface area contributed by atoms with Crippen molar-refractivity contribution in [1.82, 2.24) is 0 Å². The quantitative estimate of drug-likeness (QED) is 0.679. The molecule has 0 radical (unpaired) electrons. The average Bonchev–Trinajstić information content (AvgIpc) is 2.58. The summed E-state index contributed by atoms with van der Waals surface area (Å²) in [7, 11) is 0. The molecular weight excluding hydrogens is 184 g/mol. The molecule has 0 unspecified atom stereocenters. The summed E-state index contributed by atoms with van der Waals surface area (Å²) in [5.41, 5.74) is 3.03. The fraction of sp³-hybridized carbons (Fsp3) is 0.714. The molecule has 86 valence electrons. The Labute approximate surface area is 93.9 Å². The molecule has 0 saturated carbocycles. The van der Waals surface area contributed by atoms with Crippen LogP contribution >= 0.6 is 0 Å². The zero-order valence-electron chi connectivity index (χ0n) is 10.7. The van der Waals surface area contributed by atoms with Crippen molar-refractivity contribution in [2.24, 2.45) is 0 Å². The Kier molecular flexibility index (Phi) is 4.93. The Morgan fingerprint density at radius 1 is 0.733 bits per heavy atom. The fourth-order valence-corrected chi connectivity index (χ4v) is 2.26. The zero-order valence-corrected chi connectivity index (χ0v) is 10.7. The Bertz CT molecular complexity index is 268. The summed E-state index contributed by atoms with van der Waals surface area (Å²) in [6.45, 7) is 8.86. The Balaban J connectivity index is 3.09. The van der Waals surface area contributed by atoms with Crippen molar-refractivity contribution in [3.8, 4) is 0 Å². The third kappa shape index (κ3) is 2.64. The SMILES string of the molecule is CCCc1c(CC)oc(CC)c1CCC. The molecule has 15 heavy (non-hydrogen) atoms. The highest BCUT2D eigenvalue weighted by atomic mass is 16.3.